The summed E-state index contributed by atoms with van der Waals surface area (Å²) in [7, 11) is 0. The average Bonchev–Trinajstić information content (AvgIpc) is 2.39. The summed E-state index contributed by atoms with van der Waals surface area (Å²) in [5, 5.41) is 13.1. The molecule has 0 radical (unpaired) electrons. The quantitative estimate of drug-likeness (QED) is 0.886. The average molecular weight is 298 g/mol. The molecule has 1 aromatic carbocycles. The van der Waals surface area contributed by atoms with E-state index in [1.165, 1.54) is 19.3 Å². The van der Waals surface area contributed by atoms with Gasteiger partial charge in [0, 0.05) is 22.1 Å². The summed E-state index contributed by atoms with van der Waals surface area (Å²) in [6.45, 7) is 1.18. The highest BCUT2D eigenvalue weighted by Gasteiger charge is 2.30. The monoisotopic (exact) mass is 297 g/mol. The van der Waals surface area contributed by atoms with Crippen LogP contribution in [0.4, 0.5) is 5.69 Å². The van der Waals surface area contributed by atoms with Crippen LogP contribution in [0.15, 0.2) is 28.7 Å². The first-order valence-electron chi connectivity index (χ1n) is 6.34. The van der Waals surface area contributed by atoms with Gasteiger partial charge >= 0.3 is 0 Å². The Bertz CT molecular complexity index is 344. The molecule has 0 spiro atoms. The molecule has 0 aliphatic heterocycles. The lowest BCUT2D eigenvalue weighted by atomic mass is 9.74. The molecule has 2 rings (SSSR count). The van der Waals surface area contributed by atoms with Crippen LogP contribution < -0.4 is 5.32 Å². The molecule has 1 fully saturated rings. The molecule has 3 heteroatoms. The first-order valence-corrected chi connectivity index (χ1v) is 7.14. The van der Waals surface area contributed by atoms with Crippen LogP contribution >= 0.6 is 15.9 Å². The zero-order chi connectivity index (χ0) is 12.1. The maximum Gasteiger partial charge on any atom is 0.0504 e. The number of halogens is 1. The van der Waals surface area contributed by atoms with Gasteiger partial charge in [-0.2, -0.15) is 0 Å². The number of anilines is 1. The Morgan fingerprint density at radius 3 is 2.35 bits per heavy atom. The number of benzene rings is 1. The molecule has 0 saturated heterocycles. The maximum atomic E-state index is 9.62. The van der Waals surface area contributed by atoms with Crippen molar-refractivity contribution in [3.8, 4) is 0 Å². The molecule has 1 aliphatic carbocycles. The lowest BCUT2D eigenvalue weighted by molar-refractivity contribution is 0.0944. The van der Waals surface area contributed by atoms with Gasteiger partial charge in [-0.15, -0.1) is 0 Å². The number of aliphatic hydroxyl groups is 1. The summed E-state index contributed by atoms with van der Waals surface area (Å²) < 4.78 is 1.09. The Balaban J connectivity index is 1.93. The second-order valence-corrected chi connectivity index (χ2v) is 5.99. The van der Waals surface area contributed by atoms with E-state index in [4.69, 9.17) is 0 Å². The van der Waals surface area contributed by atoms with Crippen LogP contribution in [0.25, 0.3) is 0 Å². The fourth-order valence-corrected chi connectivity index (χ4v) is 2.81. The van der Waals surface area contributed by atoms with Crippen molar-refractivity contribution in [2.45, 2.75) is 32.1 Å². The van der Waals surface area contributed by atoms with Crippen LogP contribution in [0.3, 0.4) is 0 Å². The molecule has 1 aliphatic rings. The fourth-order valence-electron chi connectivity index (χ4n) is 2.55. The number of hydrogen-bond donors (Lipinski definition) is 2. The van der Waals surface area contributed by atoms with E-state index in [-0.39, 0.29) is 5.41 Å². The molecular formula is C14H20BrNO. The van der Waals surface area contributed by atoms with E-state index >= 15 is 0 Å². The zero-order valence-electron chi connectivity index (χ0n) is 10.1. The first kappa shape index (κ1) is 12.9. The van der Waals surface area contributed by atoms with Gasteiger partial charge in [-0.25, -0.2) is 0 Å². The highest BCUT2D eigenvalue weighted by molar-refractivity contribution is 9.10. The van der Waals surface area contributed by atoms with Crippen LogP contribution in [-0.2, 0) is 0 Å². The Hall–Kier alpha value is -0.540. The summed E-state index contributed by atoms with van der Waals surface area (Å²) in [4.78, 5) is 0. The van der Waals surface area contributed by atoms with Crippen molar-refractivity contribution in [3.05, 3.63) is 28.7 Å². The number of aliphatic hydroxyl groups excluding tert-OH is 1. The third-order valence-corrected chi connectivity index (χ3v) is 4.29. The smallest absolute Gasteiger partial charge is 0.0504 e. The second kappa shape index (κ2) is 5.87. The molecule has 0 bridgehead atoms. The molecule has 0 amide bonds. The fraction of sp³-hybridized carbons (Fsp3) is 0.571. The van der Waals surface area contributed by atoms with E-state index < -0.39 is 0 Å². The molecule has 0 atom stereocenters. The third-order valence-electron chi connectivity index (χ3n) is 3.76. The highest BCUT2D eigenvalue weighted by Crippen LogP contribution is 2.36. The molecule has 1 saturated carbocycles. The summed E-state index contributed by atoms with van der Waals surface area (Å²) in [5.41, 5.74) is 1.23. The third kappa shape index (κ3) is 3.46. The van der Waals surface area contributed by atoms with Crippen LogP contribution in [-0.4, -0.2) is 18.3 Å². The zero-order valence-corrected chi connectivity index (χ0v) is 11.7. The normalized spacial score (nSPS) is 18.9. The standard InChI is InChI=1S/C14H20BrNO/c15-12-4-6-13(7-5-12)16-10-14(11-17)8-2-1-3-9-14/h4-7,16-17H,1-3,8-11H2. The van der Waals surface area contributed by atoms with Crippen molar-refractivity contribution in [2.24, 2.45) is 5.41 Å². The topological polar surface area (TPSA) is 32.3 Å². The van der Waals surface area contributed by atoms with Crippen molar-refractivity contribution >= 4 is 21.6 Å². The Labute approximate surface area is 112 Å². The van der Waals surface area contributed by atoms with Gasteiger partial charge in [0.25, 0.3) is 0 Å². The second-order valence-electron chi connectivity index (χ2n) is 5.08. The number of rotatable bonds is 4. The minimum absolute atomic E-state index is 0.103. The molecule has 0 unspecified atom stereocenters. The molecule has 0 aromatic heterocycles. The van der Waals surface area contributed by atoms with E-state index in [1.54, 1.807) is 0 Å². The summed E-state index contributed by atoms with van der Waals surface area (Å²) >= 11 is 3.43. The van der Waals surface area contributed by atoms with Crippen molar-refractivity contribution in [1.29, 1.82) is 0 Å². The van der Waals surface area contributed by atoms with Crippen molar-refractivity contribution in [1.82, 2.24) is 0 Å². The number of nitrogens with one attached hydrogen (secondary N) is 1. The first-order chi connectivity index (χ1) is 8.24. The Kier molecular flexibility index (Phi) is 4.46. The molecule has 94 valence electrons. The van der Waals surface area contributed by atoms with E-state index in [2.05, 4.69) is 33.4 Å². The van der Waals surface area contributed by atoms with E-state index in [1.807, 2.05) is 12.1 Å². The van der Waals surface area contributed by atoms with Crippen LogP contribution in [0.2, 0.25) is 0 Å². The molecule has 2 nitrogen and oxygen atoms in total. The Morgan fingerprint density at radius 1 is 1.12 bits per heavy atom. The van der Waals surface area contributed by atoms with E-state index in [0.29, 0.717) is 6.61 Å². The van der Waals surface area contributed by atoms with E-state index in [0.717, 1.165) is 29.5 Å². The largest absolute Gasteiger partial charge is 0.396 e. The van der Waals surface area contributed by atoms with Gasteiger partial charge < -0.3 is 10.4 Å². The molecule has 17 heavy (non-hydrogen) atoms. The lowest BCUT2D eigenvalue weighted by Crippen LogP contribution is -2.35. The van der Waals surface area contributed by atoms with Gasteiger partial charge in [-0.1, -0.05) is 35.2 Å². The van der Waals surface area contributed by atoms with Crippen molar-refractivity contribution < 1.29 is 5.11 Å². The summed E-state index contributed by atoms with van der Waals surface area (Å²) in [6.07, 6.45) is 6.12. The molecular weight excluding hydrogens is 278 g/mol. The van der Waals surface area contributed by atoms with Crippen LogP contribution in [0.5, 0.6) is 0 Å². The van der Waals surface area contributed by atoms with Crippen LogP contribution in [0, 0.1) is 5.41 Å². The SMILES string of the molecule is OCC1(CNc2ccc(Br)cc2)CCCCC1. The summed E-state index contributed by atoms with van der Waals surface area (Å²) in [5.74, 6) is 0. The highest BCUT2D eigenvalue weighted by atomic mass is 79.9. The van der Waals surface area contributed by atoms with Gasteiger partial charge in [-0.05, 0) is 37.1 Å². The van der Waals surface area contributed by atoms with Gasteiger partial charge in [0.1, 0.15) is 0 Å². The van der Waals surface area contributed by atoms with Gasteiger partial charge in [-0.3, -0.25) is 0 Å². The molecule has 2 N–H and O–H groups in total. The van der Waals surface area contributed by atoms with Gasteiger partial charge in [0.15, 0.2) is 0 Å². The predicted molar refractivity (Wildman–Crippen MR) is 75.2 cm³/mol. The van der Waals surface area contributed by atoms with Gasteiger partial charge in [0.05, 0.1) is 6.61 Å². The molecule has 1 aromatic rings. The van der Waals surface area contributed by atoms with Crippen LogP contribution in [0.1, 0.15) is 32.1 Å². The minimum Gasteiger partial charge on any atom is -0.396 e. The lowest BCUT2D eigenvalue weighted by Gasteiger charge is -2.36. The van der Waals surface area contributed by atoms with Crippen molar-refractivity contribution in [2.75, 3.05) is 18.5 Å². The minimum atomic E-state index is 0.103. The predicted octanol–water partition coefficient (Wildman–Crippen LogP) is 3.80. The van der Waals surface area contributed by atoms with E-state index in [9.17, 15) is 5.11 Å². The number of hydrogen-bond acceptors (Lipinski definition) is 2. The summed E-state index contributed by atoms with van der Waals surface area (Å²) in [6, 6.07) is 8.21. The molecule has 0 heterocycles. The Morgan fingerprint density at radius 2 is 1.76 bits per heavy atom. The van der Waals surface area contributed by atoms with Crippen molar-refractivity contribution in [3.63, 3.8) is 0 Å². The maximum absolute atomic E-state index is 9.62. The van der Waals surface area contributed by atoms with Gasteiger partial charge in [0.2, 0.25) is 0 Å².